The Morgan fingerprint density at radius 1 is 1.20 bits per heavy atom. The summed E-state index contributed by atoms with van der Waals surface area (Å²) in [6.07, 6.45) is 4.01. The van der Waals surface area contributed by atoms with Crippen LogP contribution in [-0.4, -0.2) is 29.1 Å². The standard InChI is InChI=1S/C22H24ClN5OS/c1-14-7-9-28(10-8-14)19-6-4-16(11-18(19)23)21-26-20(13-30-21)27-22(29)25-17-5-3-15(2)24-12-17/h3-6,11-14H,7-10H2,1-2H3,(H2,25,27,29). The Kier molecular flexibility index (Phi) is 6.20. The van der Waals surface area contributed by atoms with E-state index in [0.717, 1.165) is 46.0 Å². The molecule has 0 bridgehead atoms. The number of pyridine rings is 1. The number of hydrogen-bond donors (Lipinski definition) is 2. The van der Waals surface area contributed by atoms with Crippen molar-refractivity contribution < 1.29 is 4.79 Å². The number of aryl methyl sites for hydroxylation is 1. The van der Waals surface area contributed by atoms with Crippen LogP contribution >= 0.6 is 22.9 Å². The minimum Gasteiger partial charge on any atom is -0.370 e. The van der Waals surface area contributed by atoms with Crippen LogP contribution in [0.1, 0.15) is 25.5 Å². The van der Waals surface area contributed by atoms with E-state index in [1.165, 1.54) is 24.2 Å². The van der Waals surface area contributed by atoms with Crippen LogP contribution in [0.15, 0.2) is 41.9 Å². The van der Waals surface area contributed by atoms with Gasteiger partial charge in [-0.2, -0.15) is 0 Å². The fraction of sp³-hybridized carbons (Fsp3) is 0.318. The monoisotopic (exact) mass is 441 g/mol. The van der Waals surface area contributed by atoms with E-state index in [1.807, 2.05) is 30.5 Å². The quantitative estimate of drug-likeness (QED) is 0.517. The van der Waals surface area contributed by atoms with Gasteiger partial charge < -0.3 is 10.2 Å². The molecule has 1 saturated heterocycles. The molecule has 0 atom stereocenters. The lowest BCUT2D eigenvalue weighted by atomic mass is 9.98. The van der Waals surface area contributed by atoms with E-state index >= 15 is 0 Å². The number of hydrogen-bond acceptors (Lipinski definition) is 5. The van der Waals surface area contributed by atoms with Gasteiger partial charge in [0.1, 0.15) is 10.8 Å². The van der Waals surface area contributed by atoms with Gasteiger partial charge in [-0.3, -0.25) is 10.3 Å². The van der Waals surface area contributed by atoms with Crippen molar-refractivity contribution in [3.8, 4) is 10.6 Å². The van der Waals surface area contributed by atoms with Crippen molar-refractivity contribution in [3.63, 3.8) is 0 Å². The minimum atomic E-state index is -0.356. The Hall–Kier alpha value is -2.64. The van der Waals surface area contributed by atoms with Gasteiger partial charge >= 0.3 is 6.03 Å². The molecular formula is C22H24ClN5OS. The summed E-state index contributed by atoms with van der Waals surface area (Å²) < 4.78 is 0. The topological polar surface area (TPSA) is 70.2 Å². The number of nitrogens with one attached hydrogen (secondary N) is 2. The van der Waals surface area contributed by atoms with Crippen LogP contribution in [0.3, 0.4) is 0 Å². The van der Waals surface area contributed by atoms with Crippen molar-refractivity contribution in [1.29, 1.82) is 0 Å². The van der Waals surface area contributed by atoms with E-state index in [4.69, 9.17) is 11.6 Å². The van der Waals surface area contributed by atoms with Gasteiger partial charge in [-0.15, -0.1) is 11.3 Å². The van der Waals surface area contributed by atoms with Crippen molar-refractivity contribution in [1.82, 2.24) is 9.97 Å². The average molecular weight is 442 g/mol. The third kappa shape index (κ3) is 4.91. The molecular weight excluding hydrogens is 418 g/mol. The number of thiazole rings is 1. The Bertz CT molecular complexity index is 1030. The lowest BCUT2D eigenvalue weighted by Gasteiger charge is -2.32. The number of anilines is 3. The third-order valence-electron chi connectivity index (χ3n) is 5.23. The highest BCUT2D eigenvalue weighted by Gasteiger charge is 2.18. The first-order valence-electron chi connectivity index (χ1n) is 9.99. The summed E-state index contributed by atoms with van der Waals surface area (Å²) in [7, 11) is 0. The highest BCUT2D eigenvalue weighted by molar-refractivity contribution is 7.13. The number of nitrogens with zero attached hydrogens (tertiary/aromatic N) is 3. The molecule has 30 heavy (non-hydrogen) atoms. The third-order valence-corrected chi connectivity index (χ3v) is 6.43. The maximum absolute atomic E-state index is 12.2. The highest BCUT2D eigenvalue weighted by atomic mass is 35.5. The molecule has 6 nitrogen and oxygen atoms in total. The van der Waals surface area contributed by atoms with Crippen LogP contribution < -0.4 is 15.5 Å². The number of aromatic nitrogens is 2. The predicted octanol–water partition coefficient (Wildman–Crippen LogP) is 6.05. The summed E-state index contributed by atoms with van der Waals surface area (Å²) in [5.74, 6) is 1.28. The van der Waals surface area contributed by atoms with Crippen LogP contribution in [0.4, 0.5) is 22.0 Å². The van der Waals surface area contributed by atoms with Crippen molar-refractivity contribution in [3.05, 3.63) is 52.6 Å². The fourth-order valence-corrected chi connectivity index (χ4v) is 4.48. The maximum Gasteiger partial charge on any atom is 0.324 e. The molecule has 8 heteroatoms. The van der Waals surface area contributed by atoms with Crippen molar-refractivity contribution in [2.45, 2.75) is 26.7 Å². The van der Waals surface area contributed by atoms with Crippen LogP contribution in [0.25, 0.3) is 10.6 Å². The molecule has 0 saturated carbocycles. The molecule has 0 unspecified atom stereocenters. The maximum atomic E-state index is 12.2. The Morgan fingerprint density at radius 2 is 2.00 bits per heavy atom. The molecule has 3 aromatic rings. The molecule has 156 valence electrons. The fourth-order valence-electron chi connectivity index (χ4n) is 3.43. The molecule has 4 rings (SSSR count). The number of halogens is 1. The first kappa shape index (κ1) is 20.6. The van der Waals surface area contributed by atoms with Crippen LogP contribution in [0, 0.1) is 12.8 Å². The SMILES string of the molecule is Cc1ccc(NC(=O)Nc2csc(-c3ccc(N4CCC(C)CC4)c(Cl)c3)n2)cn1. The number of carbonyl (C=O) groups excluding carboxylic acids is 1. The Morgan fingerprint density at radius 3 is 2.70 bits per heavy atom. The van der Waals surface area contributed by atoms with Gasteiger partial charge in [0.2, 0.25) is 0 Å². The van der Waals surface area contributed by atoms with Gasteiger partial charge in [0.05, 0.1) is 22.6 Å². The second kappa shape index (κ2) is 9.02. The number of rotatable bonds is 4. The second-order valence-corrected chi connectivity index (χ2v) is 8.91. The molecule has 1 fully saturated rings. The second-order valence-electron chi connectivity index (χ2n) is 7.64. The molecule has 2 N–H and O–H groups in total. The van der Waals surface area contributed by atoms with Gasteiger partial charge in [-0.25, -0.2) is 9.78 Å². The molecule has 3 heterocycles. The Balaban J connectivity index is 1.41. The first-order valence-corrected chi connectivity index (χ1v) is 11.2. The largest absolute Gasteiger partial charge is 0.370 e. The van der Waals surface area contributed by atoms with Gasteiger partial charge in [-0.1, -0.05) is 18.5 Å². The molecule has 1 aromatic carbocycles. The van der Waals surface area contributed by atoms with Gasteiger partial charge in [0.15, 0.2) is 0 Å². The van der Waals surface area contributed by atoms with E-state index in [2.05, 4.69) is 38.5 Å². The number of urea groups is 1. The molecule has 1 aliphatic heterocycles. The van der Waals surface area contributed by atoms with Crippen molar-refractivity contribution in [2.75, 3.05) is 28.6 Å². The minimum absolute atomic E-state index is 0.356. The molecule has 0 aliphatic carbocycles. The molecule has 2 aromatic heterocycles. The number of amides is 2. The van der Waals surface area contributed by atoms with Crippen LogP contribution in [0.5, 0.6) is 0 Å². The summed E-state index contributed by atoms with van der Waals surface area (Å²) in [6, 6.07) is 9.36. The zero-order valence-electron chi connectivity index (χ0n) is 17.0. The van der Waals surface area contributed by atoms with Gasteiger partial charge in [0.25, 0.3) is 0 Å². The normalized spacial score (nSPS) is 14.6. The number of benzene rings is 1. The number of piperidine rings is 1. The predicted molar refractivity (Wildman–Crippen MR) is 125 cm³/mol. The highest BCUT2D eigenvalue weighted by Crippen LogP contribution is 2.35. The number of carbonyl (C=O) groups is 1. The summed E-state index contributed by atoms with van der Waals surface area (Å²) in [5.41, 5.74) is 3.54. The van der Waals surface area contributed by atoms with Crippen molar-refractivity contribution >= 4 is 46.2 Å². The molecule has 0 radical (unpaired) electrons. The smallest absolute Gasteiger partial charge is 0.324 e. The van der Waals surface area contributed by atoms with E-state index in [9.17, 15) is 4.79 Å². The van der Waals surface area contributed by atoms with Gasteiger partial charge in [0, 0.05) is 29.7 Å². The van der Waals surface area contributed by atoms with E-state index in [-0.39, 0.29) is 6.03 Å². The van der Waals surface area contributed by atoms with Crippen LogP contribution in [0.2, 0.25) is 5.02 Å². The summed E-state index contributed by atoms with van der Waals surface area (Å²) in [6.45, 7) is 6.27. The summed E-state index contributed by atoms with van der Waals surface area (Å²) >= 11 is 8.06. The molecule has 2 amide bonds. The van der Waals surface area contributed by atoms with Crippen LogP contribution in [-0.2, 0) is 0 Å². The van der Waals surface area contributed by atoms with Gasteiger partial charge in [-0.05, 0) is 56.0 Å². The molecule has 0 spiro atoms. The average Bonchev–Trinajstić information content (AvgIpc) is 3.19. The van der Waals surface area contributed by atoms with E-state index in [1.54, 1.807) is 12.3 Å². The Labute approximate surface area is 185 Å². The summed E-state index contributed by atoms with van der Waals surface area (Å²) in [4.78, 5) is 23.2. The van der Waals surface area contributed by atoms with Crippen molar-refractivity contribution in [2.24, 2.45) is 5.92 Å². The lowest BCUT2D eigenvalue weighted by Crippen LogP contribution is -2.32. The summed E-state index contributed by atoms with van der Waals surface area (Å²) in [5, 5.41) is 8.86. The lowest BCUT2D eigenvalue weighted by molar-refractivity contribution is 0.262. The van der Waals surface area contributed by atoms with E-state index < -0.39 is 0 Å². The molecule has 1 aliphatic rings. The zero-order chi connectivity index (χ0) is 21.1. The first-order chi connectivity index (χ1) is 14.5. The zero-order valence-corrected chi connectivity index (χ0v) is 18.6. The van der Waals surface area contributed by atoms with E-state index in [0.29, 0.717) is 11.5 Å².